The van der Waals surface area contributed by atoms with Crippen LogP contribution < -0.4 is 9.47 Å². The van der Waals surface area contributed by atoms with Gasteiger partial charge >= 0.3 is 24.7 Å². The molecule has 234 valence electrons. The van der Waals surface area contributed by atoms with E-state index in [1.165, 1.54) is 12.2 Å². The van der Waals surface area contributed by atoms with Crippen LogP contribution in [0.3, 0.4) is 0 Å². The van der Waals surface area contributed by atoms with Gasteiger partial charge in [0.25, 0.3) is 0 Å². The highest BCUT2D eigenvalue weighted by molar-refractivity contribution is 5.72. The van der Waals surface area contributed by atoms with Gasteiger partial charge in [-0.25, -0.2) is 17.6 Å². The zero-order valence-corrected chi connectivity index (χ0v) is 22.1. The normalized spacial score (nSPS) is 14.2. The van der Waals surface area contributed by atoms with Gasteiger partial charge in [-0.2, -0.15) is 0 Å². The maximum Gasteiger partial charge on any atom is 0.573 e. The van der Waals surface area contributed by atoms with Crippen molar-refractivity contribution in [2.75, 3.05) is 0 Å². The topological polar surface area (TPSA) is 71.1 Å². The Hall–Kier alpha value is -4.24. The van der Waals surface area contributed by atoms with Crippen LogP contribution >= 0.6 is 0 Å². The predicted molar refractivity (Wildman–Crippen MR) is 127 cm³/mol. The van der Waals surface area contributed by atoms with Crippen molar-refractivity contribution in [2.24, 2.45) is 0 Å². The Bertz CT molecular complexity index is 1470. The van der Waals surface area contributed by atoms with Crippen molar-refractivity contribution in [1.82, 2.24) is 0 Å². The van der Waals surface area contributed by atoms with E-state index in [1.54, 1.807) is 6.92 Å². The first-order chi connectivity index (χ1) is 19.9. The summed E-state index contributed by atoms with van der Waals surface area (Å²) in [5.41, 5.74) is -0.194. The lowest BCUT2D eigenvalue weighted by molar-refractivity contribution is -0.277. The van der Waals surface area contributed by atoms with Gasteiger partial charge in [0.05, 0.1) is 0 Å². The Labute approximate surface area is 236 Å². The van der Waals surface area contributed by atoms with E-state index >= 15 is 0 Å². The quantitative estimate of drug-likeness (QED) is 0.248. The Morgan fingerprint density at radius 2 is 1.09 bits per heavy atom. The van der Waals surface area contributed by atoms with Crippen molar-refractivity contribution in [3.05, 3.63) is 69.2 Å². The second kappa shape index (κ2) is 13.0. The second-order valence-electron chi connectivity index (χ2n) is 8.88. The van der Waals surface area contributed by atoms with Crippen LogP contribution in [0, 0.1) is 23.3 Å². The summed E-state index contributed by atoms with van der Waals surface area (Å²) >= 11 is 0. The molecule has 0 spiro atoms. The van der Waals surface area contributed by atoms with Crippen molar-refractivity contribution < 1.29 is 72.4 Å². The number of rotatable bonds is 5. The van der Waals surface area contributed by atoms with Gasteiger partial charge in [-0.15, -0.1) is 26.3 Å². The summed E-state index contributed by atoms with van der Waals surface area (Å²) in [6.45, 7) is 2.75. The summed E-state index contributed by atoms with van der Waals surface area (Å²) in [7, 11) is 0. The average Bonchev–Trinajstić information content (AvgIpc) is 2.87. The van der Waals surface area contributed by atoms with E-state index < -0.39 is 59.4 Å². The third-order valence-corrected chi connectivity index (χ3v) is 5.74. The maximum atomic E-state index is 14.0. The second-order valence-corrected chi connectivity index (χ2v) is 8.88. The number of fused-ring (bicyclic) bond motifs is 2. The number of hydrogen-bond donors (Lipinski definition) is 0. The van der Waals surface area contributed by atoms with Crippen LogP contribution in [0.15, 0.2) is 23.7 Å². The van der Waals surface area contributed by atoms with Gasteiger partial charge in [-0.05, 0) is 59.4 Å². The Balaban J connectivity index is 0.000000236. The van der Waals surface area contributed by atoms with Crippen LogP contribution in [-0.2, 0) is 31.9 Å². The van der Waals surface area contributed by atoms with Gasteiger partial charge in [-0.3, -0.25) is 9.59 Å². The van der Waals surface area contributed by atoms with E-state index in [0.29, 0.717) is 6.07 Å². The van der Waals surface area contributed by atoms with E-state index in [-0.39, 0.29) is 65.9 Å². The predicted octanol–water partition coefficient (Wildman–Crippen LogP) is 7.82. The van der Waals surface area contributed by atoms with Crippen LogP contribution in [-0.4, -0.2) is 24.7 Å². The number of benzene rings is 2. The number of carbonyl (C=O) groups excluding carboxylic acids is 2. The van der Waals surface area contributed by atoms with Crippen LogP contribution in [0.4, 0.5) is 43.9 Å². The fourth-order valence-corrected chi connectivity index (χ4v) is 4.05. The summed E-state index contributed by atoms with van der Waals surface area (Å²) in [5.74, 6) is -9.42. The zero-order chi connectivity index (χ0) is 32.3. The van der Waals surface area contributed by atoms with Gasteiger partial charge in [0.15, 0.2) is 23.3 Å². The van der Waals surface area contributed by atoms with Gasteiger partial charge in [0, 0.05) is 26.2 Å². The first-order valence-corrected chi connectivity index (χ1v) is 12.2. The van der Waals surface area contributed by atoms with Crippen LogP contribution in [0.5, 0.6) is 11.5 Å². The molecule has 0 radical (unpaired) electrons. The molecule has 0 atom stereocenters. The van der Waals surface area contributed by atoms with Gasteiger partial charge in [0.2, 0.25) is 11.5 Å². The molecule has 6 nitrogen and oxygen atoms in total. The third-order valence-electron chi connectivity index (χ3n) is 5.74. The molecule has 16 heteroatoms. The lowest BCUT2D eigenvalue weighted by atomic mass is 9.95. The molecular formula is C27H20F10O6. The molecule has 0 unspecified atom stereocenters. The van der Waals surface area contributed by atoms with Gasteiger partial charge in [-0.1, -0.05) is 6.92 Å². The Morgan fingerprint density at radius 1 is 0.698 bits per heavy atom. The van der Waals surface area contributed by atoms with E-state index in [0.717, 1.165) is 13.0 Å². The minimum Gasteiger partial charge on any atom is -0.431 e. The highest BCUT2D eigenvalue weighted by atomic mass is 19.4. The lowest BCUT2D eigenvalue weighted by Gasteiger charge is -2.19. The lowest BCUT2D eigenvalue weighted by Crippen LogP contribution is -2.20. The highest BCUT2D eigenvalue weighted by Crippen LogP contribution is 2.37. The van der Waals surface area contributed by atoms with Crippen LogP contribution in [0.1, 0.15) is 55.4 Å². The largest absolute Gasteiger partial charge is 0.573 e. The fourth-order valence-electron chi connectivity index (χ4n) is 4.05. The molecule has 0 saturated carbocycles. The van der Waals surface area contributed by atoms with Crippen LogP contribution in [0.25, 0.3) is 12.2 Å². The molecule has 0 saturated heterocycles. The molecule has 0 aliphatic heterocycles. The molecule has 0 heterocycles. The monoisotopic (exact) mass is 630 g/mol. The number of ether oxygens (including phenoxy) is 4. The van der Waals surface area contributed by atoms with Crippen molar-refractivity contribution in [1.29, 1.82) is 0 Å². The van der Waals surface area contributed by atoms with E-state index in [1.807, 2.05) is 0 Å². The maximum absolute atomic E-state index is 14.0. The number of halogens is 10. The minimum absolute atomic E-state index is 0.0158. The Morgan fingerprint density at radius 3 is 1.44 bits per heavy atom. The first kappa shape index (κ1) is 33.3. The van der Waals surface area contributed by atoms with Gasteiger partial charge < -0.3 is 18.9 Å². The molecule has 0 fully saturated rings. The number of alkyl halides is 6. The third kappa shape index (κ3) is 8.88. The summed E-state index contributed by atoms with van der Waals surface area (Å²) in [5, 5.41) is 0. The molecular weight excluding hydrogens is 610 g/mol. The van der Waals surface area contributed by atoms with Crippen molar-refractivity contribution in [3.63, 3.8) is 0 Å². The first-order valence-electron chi connectivity index (χ1n) is 12.2. The molecule has 2 aliphatic rings. The van der Waals surface area contributed by atoms with E-state index in [4.69, 9.17) is 9.47 Å². The molecule has 43 heavy (non-hydrogen) atoms. The number of hydrogen-bond acceptors (Lipinski definition) is 6. The van der Waals surface area contributed by atoms with Crippen molar-refractivity contribution in [2.45, 2.75) is 58.7 Å². The van der Waals surface area contributed by atoms with E-state index in [9.17, 15) is 53.5 Å². The van der Waals surface area contributed by atoms with E-state index in [2.05, 4.69) is 9.47 Å². The standard InChI is InChI=1S/C14H11F5O3.C13H9F5O3/c1-2-11(20)21-8-3-4-9-7(5-8)6-10(15)13(12(9)16)22-14(17,18)19;1-6(19)20-8-2-3-9-7(4-8)5-10(14)12(11(9)15)21-13(16,17)18/h5-6H,2-4H2,1H3;4-5H,2-3H2,1H3. The van der Waals surface area contributed by atoms with Crippen LogP contribution in [0.2, 0.25) is 0 Å². The highest BCUT2D eigenvalue weighted by Gasteiger charge is 2.36. The minimum atomic E-state index is -5.19. The molecule has 2 aromatic carbocycles. The molecule has 0 aromatic heterocycles. The summed E-state index contributed by atoms with van der Waals surface area (Å²) in [4.78, 5) is 22.0. The average molecular weight is 630 g/mol. The summed E-state index contributed by atoms with van der Waals surface area (Å²) in [6, 6.07) is 1.43. The number of allylic oxidation sites excluding steroid dienone is 2. The molecule has 4 rings (SSSR count). The molecule has 2 aromatic rings. The summed E-state index contributed by atoms with van der Waals surface area (Å²) in [6.07, 6.45) is -7.64. The molecule has 0 N–H and O–H groups in total. The SMILES string of the molecule is CC(=O)OC1=Cc2cc(F)c(OC(F)(F)F)c(F)c2CC1.CCC(=O)OC1=Cc2cc(F)c(OC(F)(F)F)c(F)c2CC1. The summed E-state index contributed by atoms with van der Waals surface area (Å²) < 4.78 is 144. The number of carbonyl (C=O) groups is 2. The molecule has 2 aliphatic carbocycles. The fraction of sp³-hybridized carbons (Fsp3) is 0.333. The smallest absolute Gasteiger partial charge is 0.431 e. The zero-order valence-electron chi connectivity index (χ0n) is 22.1. The molecule has 0 bridgehead atoms. The Kier molecular flexibility index (Phi) is 10.0. The molecule has 0 amide bonds. The van der Waals surface area contributed by atoms with Crippen molar-refractivity contribution in [3.8, 4) is 11.5 Å². The number of esters is 2. The van der Waals surface area contributed by atoms with Gasteiger partial charge in [0.1, 0.15) is 11.5 Å². The van der Waals surface area contributed by atoms with Crippen molar-refractivity contribution >= 4 is 24.1 Å².